The molecule has 0 spiro atoms. The summed E-state index contributed by atoms with van der Waals surface area (Å²) in [5, 5.41) is 11.8. The van der Waals surface area contributed by atoms with Crippen molar-refractivity contribution < 1.29 is 19.4 Å². The van der Waals surface area contributed by atoms with E-state index in [0.717, 1.165) is 16.7 Å². The van der Waals surface area contributed by atoms with Crippen LogP contribution in [0.2, 0.25) is 0 Å². The minimum Gasteiger partial charge on any atom is -0.483 e. The van der Waals surface area contributed by atoms with Crippen molar-refractivity contribution in [2.75, 3.05) is 6.61 Å². The number of nitrogens with one attached hydrogen (secondary N) is 1. The summed E-state index contributed by atoms with van der Waals surface area (Å²) in [5.74, 6) is -0.940. The van der Waals surface area contributed by atoms with Crippen molar-refractivity contribution in [3.8, 4) is 5.75 Å². The van der Waals surface area contributed by atoms with E-state index in [4.69, 9.17) is 4.74 Å². The molecule has 0 aromatic heterocycles. The maximum absolute atomic E-state index is 12.1. The predicted octanol–water partition coefficient (Wildman–Crippen LogP) is 2.93. The van der Waals surface area contributed by atoms with Crippen LogP contribution in [0.4, 0.5) is 0 Å². The summed E-state index contributed by atoms with van der Waals surface area (Å²) in [6.45, 7) is 5.59. The Morgan fingerprint density at radius 1 is 1.08 bits per heavy atom. The number of amides is 1. The fourth-order valence-electron chi connectivity index (χ4n) is 2.67. The van der Waals surface area contributed by atoms with Gasteiger partial charge >= 0.3 is 5.97 Å². The van der Waals surface area contributed by atoms with Gasteiger partial charge in [-0.15, -0.1) is 0 Å². The third-order valence-corrected chi connectivity index (χ3v) is 3.64. The Labute approximate surface area is 141 Å². The molecular formula is C19H21NO4. The summed E-state index contributed by atoms with van der Waals surface area (Å²) >= 11 is 0. The second kappa shape index (κ2) is 7.64. The van der Waals surface area contributed by atoms with E-state index in [0.29, 0.717) is 11.3 Å². The number of carbonyl (C=O) groups is 2. The summed E-state index contributed by atoms with van der Waals surface area (Å²) in [4.78, 5) is 23.5. The molecule has 0 saturated heterocycles. The summed E-state index contributed by atoms with van der Waals surface area (Å²) in [6.07, 6.45) is 0. The van der Waals surface area contributed by atoms with Crippen LogP contribution >= 0.6 is 0 Å². The molecular weight excluding hydrogens is 306 g/mol. The quantitative estimate of drug-likeness (QED) is 0.855. The molecule has 24 heavy (non-hydrogen) atoms. The predicted molar refractivity (Wildman–Crippen MR) is 91.1 cm³/mol. The minimum atomic E-state index is -1.11. The Bertz CT molecular complexity index is 717. The van der Waals surface area contributed by atoms with E-state index in [2.05, 4.69) is 5.32 Å². The number of hydrogen-bond donors (Lipinski definition) is 2. The number of ether oxygens (including phenoxy) is 1. The van der Waals surface area contributed by atoms with Crippen molar-refractivity contribution in [3.63, 3.8) is 0 Å². The van der Waals surface area contributed by atoms with Crippen LogP contribution in [0.1, 0.15) is 28.3 Å². The van der Waals surface area contributed by atoms with Crippen molar-refractivity contribution in [2.24, 2.45) is 0 Å². The molecule has 0 saturated carbocycles. The lowest BCUT2D eigenvalue weighted by Gasteiger charge is -2.16. The number of hydrogen-bond acceptors (Lipinski definition) is 3. The van der Waals surface area contributed by atoms with Crippen molar-refractivity contribution in [2.45, 2.75) is 26.8 Å². The molecule has 0 aliphatic carbocycles. The molecule has 0 unspecified atom stereocenters. The highest BCUT2D eigenvalue weighted by molar-refractivity contribution is 5.85. The first-order chi connectivity index (χ1) is 11.4. The molecule has 2 aromatic rings. The average molecular weight is 327 g/mol. The Balaban J connectivity index is 2.04. The molecule has 1 atom stereocenters. The largest absolute Gasteiger partial charge is 0.483 e. The third kappa shape index (κ3) is 4.35. The molecule has 2 aromatic carbocycles. The Morgan fingerprint density at radius 3 is 2.21 bits per heavy atom. The van der Waals surface area contributed by atoms with E-state index in [9.17, 15) is 14.7 Å². The number of carboxylic acids is 1. The number of carbonyl (C=O) groups excluding carboxylic acids is 1. The summed E-state index contributed by atoms with van der Waals surface area (Å²) < 4.78 is 5.60. The van der Waals surface area contributed by atoms with Crippen LogP contribution in [0.3, 0.4) is 0 Å². The Kier molecular flexibility index (Phi) is 5.58. The monoisotopic (exact) mass is 327 g/mol. The smallest absolute Gasteiger partial charge is 0.330 e. The van der Waals surface area contributed by atoms with Gasteiger partial charge in [-0.1, -0.05) is 48.0 Å². The first kappa shape index (κ1) is 17.5. The van der Waals surface area contributed by atoms with Gasteiger partial charge < -0.3 is 15.2 Å². The van der Waals surface area contributed by atoms with Gasteiger partial charge in [0.25, 0.3) is 5.91 Å². The number of aryl methyl sites for hydroxylation is 3. The Morgan fingerprint density at radius 2 is 1.67 bits per heavy atom. The van der Waals surface area contributed by atoms with Crippen LogP contribution in [0, 0.1) is 20.8 Å². The number of rotatable bonds is 6. The first-order valence-corrected chi connectivity index (χ1v) is 7.66. The molecule has 0 bridgehead atoms. The van der Waals surface area contributed by atoms with E-state index in [-0.39, 0.29) is 6.61 Å². The lowest BCUT2D eigenvalue weighted by Crippen LogP contribution is -2.36. The number of aliphatic carboxylic acids is 1. The van der Waals surface area contributed by atoms with Gasteiger partial charge in [0.15, 0.2) is 12.6 Å². The normalized spacial score (nSPS) is 11.6. The van der Waals surface area contributed by atoms with Gasteiger partial charge in [0.1, 0.15) is 5.75 Å². The van der Waals surface area contributed by atoms with E-state index in [1.54, 1.807) is 30.3 Å². The van der Waals surface area contributed by atoms with Gasteiger partial charge in [0, 0.05) is 0 Å². The fourth-order valence-corrected chi connectivity index (χ4v) is 2.67. The molecule has 0 radical (unpaired) electrons. The zero-order valence-corrected chi connectivity index (χ0v) is 14.0. The lowest BCUT2D eigenvalue weighted by atomic mass is 10.1. The van der Waals surface area contributed by atoms with Crippen LogP contribution < -0.4 is 10.1 Å². The highest BCUT2D eigenvalue weighted by Crippen LogP contribution is 2.24. The molecule has 0 aliphatic rings. The van der Waals surface area contributed by atoms with Gasteiger partial charge in [-0.3, -0.25) is 4.79 Å². The molecule has 0 aliphatic heterocycles. The molecule has 1 amide bonds. The molecule has 126 valence electrons. The van der Waals surface area contributed by atoms with Crippen molar-refractivity contribution in [1.29, 1.82) is 0 Å². The van der Waals surface area contributed by atoms with Crippen LogP contribution in [0.25, 0.3) is 0 Å². The van der Waals surface area contributed by atoms with Gasteiger partial charge in [-0.25, -0.2) is 4.79 Å². The van der Waals surface area contributed by atoms with Crippen LogP contribution in [0.15, 0.2) is 42.5 Å². The van der Waals surface area contributed by atoms with Crippen molar-refractivity contribution in [3.05, 3.63) is 64.7 Å². The van der Waals surface area contributed by atoms with E-state index in [1.165, 1.54) is 0 Å². The standard InChI is InChI=1S/C19H21NO4/c1-12-9-13(2)18(14(3)10-12)24-11-16(21)20-17(19(22)23)15-7-5-4-6-8-15/h4-10,17H,11H2,1-3H3,(H,20,21)(H,22,23)/t17-/m1/s1. The minimum absolute atomic E-state index is 0.235. The van der Waals surface area contributed by atoms with Crippen molar-refractivity contribution >= 4 is 11.9 Å². The van der Waals surface area contributed by atoms with Crippen LogP contribution in [-0.4, -0.2) is 23.6 Å². The van der Waals surface area contributed by atoms with E-state index in [1.807, 2.05) is 32.9 Å². The van der Waals surface area contributed by atoms with E-state index >= 15 is 0 Å². The molecule has 2 rings (SSSR count). The SMILES string of the molecule is Cc1cc(C)c(OCC(=O)N[C@@H](C(=O)O)c2ccccc2)c(C)c1. The van der Waals surface area contributed by atoms with E-state index < -0.39 is 17.9 Å². The number of benzene rings is 2. The zero-order chi connectivity index (χ0) is 17.7. The highest BCUT2D eigenvalue weighted by Gasteiger charge is 2.22. The Hall–Kier alpha value is -2.82. The maximum Gasteiger partial charge on any atom is 0.330 e. The average Bonchev–Trinajstić information content (AvgIpc) is 2.52. The summed E-state index contributed by atoms with van der Waals surface area (Å²) in [6, 6.07) is 11.4. The molecule has 2 N–H and O–H groups in total. The van der Waals surface area contributed by atoms with Crippen LogP contribution in [-0.2, 0) is 9.59 Å². The molecule has 5 nitrogen and oxygen atoms in total. The lowest BCUT2D eigenvalue weighted by molar-refractivity contribution is -0.142. The molecule has 0 heterocycles. The summed E-state index contributed by atoms with van der Waals surface area (Å²) in [5.41, 5.74) is 3.52. The maximum atomic E-state index is 12.1. The second-order valence-corrected chi connectivity index (χ2v) is 5.77. The fraction of sp³-hybridized carbons (Fsp3) is 0.263. The second-order valence-electron chi connectivity index (χ2n) is 5.77. The van der Waals surface area contributed by atoms with Gasteiger partial charge in [0.2, 0.25) is 0 Å². The van der Waals surface area contributed by atoms with Crippen LogP contribution in [0.5, 0.6) is 5.75 Å². The topological polar surface area (TPSA) is 75.6 Å². The van der Waals surface area contributed by atoms with Gasteiger partial charge in [-0.05, 0) is 37.5 Å². The van der Waals surface area contributed by atoms with Crippen molar-refractivity contribution in [1.82, 2.24) is 5.32 Å². The highest BCUT2D eigenvalue weighted by atomic mass is 16.5. The third-order valence-electron chi connectivity index (χ3n) is 3.64. The zero-order valence-electron chi connectivity index (χ0n) is 14.0. The molecule has 5 heteroatoms. The first-order valence-electron chi connectivity index (χ1n) is 7.66. The van der Waals surface area contributed by atoms with Gasteiger partial charge in [-0.2, -0.15) is 0 Å². The number of carboxylic acid groups (broad SMARTS) is 1. The molecule has 0 fully saturated rings. The summed E-state index contributed by atoms with van der Waals surface area (Å²) in [7, 11) is 0. The van der Waals surface area contributed by atoms with Gasteiger partial charge in [0.05, 0.1) is 0 Å².